The fraction of sp³-hybridized carbons (Fsp3) is 0.333. The molecular formula is C21H21N3O5S2. The van der Waals surface area contributed by atoms with E-state index in [1.54, 1.807) is 60.9 Å². The van der Waals surface area contributed by atoms with Crippen molar-refractivity contribution in [3.05, 3.63) is 50.7 Å². The number of ether oxygens (including phenoxy) is 1. The maximum atomic E-state index is 13.4. The van der Waals surface area contributed by atoms with Crippen molar-refractivity contribution in [2.75, 3.05) is 12.3 Å². The lowest BCUT2D eigenvalue weighted by Gasteiger charge is -2.27. The van der Waals surface area contributed by atoms with Gasteiger partial charge in [-0.15, -0.1) is 23.1 Å². The molecule has 1 aliphatic heterocycles. The van der Waals surface area contributed by atoms with Gasteiger partial charge in [0.05, 0.1) is 17.1 Å². The molecule has 0 bridgehead atoms. The highest BCUT2D eigenvalue weighted by molar-refractivity contribution is 7.99. The number of amides is 1. The number of benzene rings is 1. The highest BCUT2D eigenvalue weighted by Gasteiger charge is 2.31. The molecule has 0 fully saturated rings. The van der Waals surface area contributed by atoms with Gasteiger partial charge in [-0.3, -0.25) is 23.9 Å². The fourth-order valence-electron chi connectivity index (χ4n) is 3.50. The van der Waals surface area contributed by atoms with Crippen molar-refractivity contribution in [2.24, 2.45) is 0 Å². The van der Waals surface area contributed by atoms with E-state index in [1.807, 2.05) is 6.07 Å². The molecule has 0 spiro atoms. The van der Waals surface area contributed by atoms with Gasteiger partial charge in [-0.25, -0.2) is 0 Å². The van der Waals surface area contributed by atoms with E-state index in [2.05, 4.69) is 10.3 Å². The Labute approximate surface area is 186 Å². The molecular weight excluding hydrogens is 438 g/mol. The molecule has 1 amide bonds. The second-order valence-electron chi connectivity index (χ2n) is 8.05. The van der Waals surface area contributed by atoms with Crippen LogP contribution in [-0.4, -0.2) is 44.4 Å². The first kappa shape index (κ1) is 21.4. The number of hydrogen-bond acceptors (Lipinski definition) is 8. The molecule has 2 aromatic heterocycles. The molecule has 2 N–H and O–H groups in total. The average molecular weight is 460 g/mol. The maximum Gasteiger partial charge on any atom is 0.325 e. The molecule has 1 aromatic carbocycles. The van der Waals surface area contributed by atoms with Gasteiger partial charge in [0.1, 0.15) is 23.5 Å². The van der Waals surface area contributed by atoms with Crippen molar-refractivity contribution < 1.29 is 19.4 Å². The summed E-state index contributed by atoms with van der Waals surface area (Å²) in [5, 5.41) is 13.6. The van der Waals surface area contributed by atoms with E-state index < -0.39 is 40.9 Å². The molecule has 10 heteroatoms. The maximum absolute atomic E-state index is 13.4. The Bertz CT molecular complexity index is 1230. The van der Waals surface area contributed by atoms with Gasteiger partial charge in [0.15, 0.2) is 0 Å². The fourth-order valence-corrected chi connectivity index (χ4v) is 5.50. The molecule has 3 heterocycles. The van der Waals surface area contributed by atoms with Crippen molar-refractivity contribution >= 4 is 45.9 Å². The number of aromatic nitrogens is 2. The number of para-hydroxylation sites is 1. The predicted octanol–water partition coefficient (Wildman–Crippen LogP) is 2.93. The summed E-state index contributed by atoms with van der Waals surface area (Å²) in [6.45, 7) is 4.73. The van der Waals surface area contributed by atoms with Crippen LogP contribution in [0, 0.1) is 0 Å². The minimum atomic E-state index is -0.828. The zero-order chi connectivity index (χ0) is 22.3. The largest absolute Gasteiger partial charge is 0.506 e. The van der Waals surface area contributed by atoms with Crippen molar-refractivity contribution in [3.8, 4) is 5.75 Å². The summed E-state index contributed by atoms with van der Waals surface area (Å²) in [5.41, 5.74) is 0.570. The van der Waals surface area contributed by atoms with E-state index in [9.17, 15) is 19.5 Å². The van der Waals surface area contributed by atoms with Crippen LogP contribution >= 0.6 is 23.1 Å². The number of thiazole rings is 1. The standard InChI is InChI=1S/C21H21N3O5S2/c1-21(2,3)29-15(25)8-23-19(27)16-18(26)11-5-4-6-13-17(11)24(20(16)28)12(9-30-13)14-7-22-10-31-14/h4-7,10,12,26H,8-9H2,1-3H3,(H,23,27). The van der Waals surface area contributed by atoms with Crippen LogP contribution in [0.5, 0.6) is 5.75 Å². The second-order valence-corrected chi connectivity index (χ2v) is 10.0. The van der Waals surface area contributed by atoms with E-state index >= 15 is 0 Å². The Morgan fingerprint density at radius 1 is 1.35 bits per heavy atom. The zero-order valence-electron chi connectivity index (χ0n) is 17.2. The molecule has 4 rings (SSSR count). The normalized spacial score (nSPS) is 15.6. The Morgan fingerprint density at radius 2 is 2.13 bits per heavy atom. The van der Waals surface area contributed by atoms with Crippen LogP contribution in [0.3, 0.4) is 0 Å². The smallest absolute Gasteiger partial charge is 0.325 e. The zero-order valence-corrected chi connectivity index (χ0v) is 18.8. The Morgan fingerprint density at radius 3 is 2.81 bits per heavy atom. The minimum absolute atomic E-state index is 0.319. The molecule has 31 heavy (non-hydrogen) atoms. The molecule has 0 saturated heterocycles. The third kappa shape index (κ3) is 4.05. The lowest BCUT2D eigenvalue weighted by molar-refractivity contribution is -0.153. The molecule has 0 aliphatic carbocycles. The van der Waals surface area contributed by atoms with Gasteiger partial charge in [-0.1, -0.05) is 6.07 Å². The number of carbonyl (C=O) groups is 2. The number of esters is 1. The van der Waals surface area contributed by atoms with Gasteiger partial charge in [-0.2, -0.15) is 0 Å². The highest BCUT2D eigenvalue weighted by atomic mass is 32.2. The summed E-state index contributed by atoms with van der Waals surface area (Å²) in [6, 6.07) is 5.01. The van der Waals surface area contributed by atoms with Crippen molar-refractivity contribution in [1.82, 2.24) is 14.9 Å². The van der Waals surface area contributed by atoms with Crippen molar-refractivity contribution in [3.63, 3.8) is 0 Å². The van der Waals surface area contributed by atoms with Crippen molar-refractivity contribution in [1.29, 1.82) is 0 Å². The summed E-state index contributed by atoms with van der Waals surface area (Å²) < 4.78 is 6.74. The number of thioether (sulfide) groups is 1. The third-order valence-corrected chi connectivity index (χ3v) is 6.69. The number of nitrogens with one attached hydrogen (secondary N) is 1. The highest BCUT2D eigenvalue weighted by Crippen LogP contribution is 2.42. The molecule has 3 aromatic rings. The second kappa shape index (κ2) is 8.01. The van der Waals surface area contributed by atoms with Gasteiger partial charge in [0.2, 0.25) is 0 Å². The van der Waals surface area contributed by atoms with Crippen LogP contribution in [0.2, 0.25) is 0 Å². The van der Waals surface area contributed by atoms with Gasteiger partial charge in [0.25, 0.3) is 11.5 Å². The van der Waals surface area contributed by atoms with Crippen LogP contribution in [0.4, 0.5) is 0 Å². The monoisotopic (exact) mass is 459 g/mol. The summed E-state index contributed by atoms with van der Waals surface area (Å²) in [7, 11) is 0. The predicted molar refractivity (Wildman–Crippen MR) is 119 cm³/mol. The molecule has 0 radical (unpaired) electrons. The summed E-state index contributed by atoms with van der Waals surface area (Å²) in [6.07, 6.45) is 1.71. The Hall–Kier alpha value is -2.85. The van der Waals surface area contributed by atoms with Crippen LogP contribution in [0.15, 0.2) is 39.6 Å². The Kier molecular flexibility index (Phi) is 5.52. The van der Waals surface area contributed by atoms with Gasteiger partial charge in [-0.05, 0) is 32.9 Å². The molecule has 1 unspecified atom stereocenters. The lowest BCUT2D eigenvalue weighted by Crippen LogP contribution is -2.39. The summed E-state index contributed by atoms with van der Waals surface area (Å²) >= 11 is 3.01. The number of rotatable bonds is 4. The number of hydrogen-bond donors (Lipinski definition) is 2. The number of aromatic hydroxyl groups is 1. The number of nitrogens with zero attached hydrogens (tertiary/aromatic N) is 2. The van der Waals surface area contributed by atoms with Gasteiger partial charge in [0, 0.05) is 27.1 Å². The topological polar surface area (TPSA) is 111 Å². The lowest BCUT2D eigenvalue weighted by atomic mass is 10.1. The van der Waals surface area contributed by atoms with E-state index in [0.717, 1.165) is 9.77 Å². The Balaban J connectivity index is 1.78. The molecule has 1 atom stereocenters. The first-order valence-electron chi connectivity index (χ1n) is 9.59. The molecule has 8 nitrogen and oxygen atoms in total. The molecule has 0 saturated carbocycles. The van der Waals surface area contributed by atoms with Crippen LogP contribution < -0.4 is 10.9 Å². The van der Waals surface area contributed by atoms with E-state index in [0.29, 0.717) is 16.7 Å². The van der Waals surface area contributed by atoms with E-state index in [-0.39, 0.29) is 6.04 Å². The van der Waals surface area contributed by atoms with Crippen LogP contribution in [0.25, 0.3) is 10.9 Å². The summed E-state index contributed by atoms with van der Waals surface area (Å²) in [4.78, 5) is 44.1. The third-order valence-electron chi connectivity index (χ3n) is 4.69. The first-order valence-corrected chi connectivity index (χ1v) is 11.5. The van der Waals surface area contributed by atoms with Gasteiger partial charge < -0.3 is 15.2 Å². The number of carbonyl (C=O) groups excluding carboxylic acids is 2. The van der Waals surface area contributed by atoms with Crippen LogP contribution in [0.1, 0.15) is 42.0 Å². The quantitative estimate of drug-likeness (QED) is 0.577. The summed E-state index contributed by atoms with van der Waals surface area (Å²) in [5.74, 6) is -1.27. The van der Waals surface area contributed by atoms with E-state index in [1.165, 1.54) is 11.3 Å². The van der Waals surface area contributed by atoms with Gasteiger partial charge >= 0.3 is 5.97 Å². The first-order chi connectivity index (χ1) is 14.7. The van der Waals surface area contributed by atoms with Crippen LogP contribution in [-0.2, 0) is 9.53 Å². The van der Waals surface area contributed by atoms with E-state index in [4.69, 9.17) is 4.74 Å². The average Bonchev–Trinajstić information content (AvgIpc) is 3.23. The SMILES string of the molecule is CC(C)(C)OC(=O)CNC(=O)c1c(O)c2cccc3c2n(c1=O)C(c1cncs1)CS3. The minimum Gasteiger partial charge on any atom is -0.506 e. The molecule has 1 aliphatic rings. The van der Waals surface area contributed by atoms with Crippen molar-refractivity contribution in [2.45, 2.75) is 37.3 Å². The number of pyridine rings is 1. The molecule has 162 valence electrons.